The average Bonchev–Trinajstić information content (AvgIpc) is 1.98. The number of hydrogen-bond acceptors (Lipinski definition) is 3. The predicted octanol–water partition coefficient (Wildman–Crippen LogP) is -0.0763. The molecule has 0 unspecified atom stereocenters. The lowest BCUT2D eigenvalue weighted by Gasteiger charge is -2.08. The molecular weight excluding hydrogens is 176 g/mol. The Morgan fingerprint density at radius 3 is 2.25 bits per heavy atom. The molecule has 0 aromatic heterocycles. The van der Waals surface area contributed by atoms with Gasteiger partial charge in [0, 0.05) is 19.1 Å². The molecule has 0 fully saturated rings. The van der Waals surface area contributed by atoms with Crippen molar-refractivity contribution < 1.29 is 8.42 Å². The zero-order chi connectivity index (χ0) is 9.61. The van der Waals surface area contributed by atoms with Crippen molar-refractivity contribution in [3.8, 4) is 0 Å². The third-order valence-corrected chi connectivity index (χ3v) is 2.78. The summed E-state index contributed by atoms with van der Waals surface area (Å²) in [5.41, 5.74) is 0. The highest BCUT2D eigenvalue weighted by molar-refractivity contribution is 7.89. The lowest BCUT2D eigenvalue weighted by atomic mass is 10.4. The number of sulfonamides is 1. The molecule has 4 nitrogen and oxygen atoms in total. The van der Waals surface area contributed by atoms with Gasteiger partial charge in [0.2, 0.25) is 10.0 Å². The summed E-state index contributed by atoms with van der Waals surface area (Å²) in [6.45, 7) is 6.81. The molecule has 0 saturated heterocycles. The predicted molar refractivity (Wildman–Crippen MR) is 50.6 cm³/mol. The fraction of sp³-hybridized carbons (Fsp3) is 1.00. The van der Waals surface area contributed by atoms with Crippen molar-refractivity contribution in [3.63, 3.8) is 0 Å². The SMILES string of the molecule is CCS(=O)(=O)NCCNC(C)C. The summed E-state index contributed by atoms with van der Waals surface area (Å²) >= 11 is 0. The van der Waals surface area contributed by atoms with E-state index in [4.69, 9.17) is 0 Å². The molecule has 0 aliphatic rings. The van der Waals surface area contributed by atoms with E-state index in [0.717, 1.165) is 0 Å². The van der Waals surface area contributed by atoms with E-state index in [1.165, 1.54) is 0 Å². The van der Waals surface area contributed by atoms with Gasteiger partial charge < -0.3 is 5.32 Å². The van der Waals surface area contributed by atoms with Gasteiger partial charge in [-0.15, -0.1) is 0 Å². The second kappa shape index (κ2) is 5.50. The second-order valence-corrected chi connectivity index (χ2v) is 5.00. The second-order valence-electron chi connectivity index (χ2n) is 2.91. The van der Waals surface area contributed by atoms with E-state index in [9.17, 15) is 8.42 Å². The molecule has 0 atom stereocenters. The lowest BCUT2D eigenvalue weighted by Crippen LogP contribution is -2.35. The van der Waals surface area contributed by atoms with Crippen molar-refractivity contribution in [1.82, 2.24) is 10.0 Å². The van der Waals surface area contributed by atoms with Gasteiger partial charge >= 0.3 is 0 Å². The zero-order valence-electron chi connectivity index (χ0n) is 7.92. The monoisotopic (exact) mass is 194 g/mol. The van der Waals surface area contributed by atoms with Crippen LogP contribution in [0.4, 0.5) is 0 Å². The van der Waals surface area contributed by atoms with E-state index in [-0.39, 0.29) is 5.75 Å². The minimum absolute atomic E-state index is 0.147. The van der Waals surface area contributed by atoms with E-state index in [1.54, 1.807) is 6.92 Å². The van der Waals surface area contributed by atoms with Gasteiger partial charge in [-0.25, -0.2) is 13.1 Å². The Bertz CT molecular complexity index is 199. The molecule has 0 bridgehead atoms. The van der Waals surface area contributed by atoms with Crippen molar-refractivity contribution in [2.75, 3.05) is 18.8 Å². The van der Waals surface area contributed by atoms with Crippen molar-refractivity contribution in [2.24, 2.45) is 0 Å². The van der Waals surface area contributed by atoms with Crippen LogP contribution in [0, 0.1) is 0 Å². The van der Waals surface area contributed by atoms with Crippen LogP contribution in [0.2, 0.25) is 0 Å². The highest BCUT2D eigenvalue weighted by Gasteiger charge is 2.03. The fourth-order valence-corrected chi connectivity index (χ4v) is 1.29. The van der Waals surface area contributed by atoms with Crippen LogP contribution < -0.4 is 10.0 Å². The summed E-state index contributed by atoms with van der Waals surface area (Å²) in [4.78, 5) is 0. The molecule has 0 heterocycles. The molecule has 0 rings (SSSR count). The molecule has 0 radical (unpaired) electrons. The molecule has 12 heavy (non-hydrogen) atoms. The van der Waals surface area contributed by atoms with Gasteiger partial charge in [0.05, 0.1) is 5.75 Å². The summed E-state index contributed by atoms with van der Waals surface area (Å²) in [6.07, 6.45) is 0. The van der Waals surface area contributed by atoms with Crippen LogP contribution in [-0.4, -0.2) is 33.3 Å². The number of hydrogen-bond donors (Lipinski definition) is 2. The van der Waals surface area contributed by atoms with Gasteiger partial charge in [0.25, 0.3) is 0 Å². The molecule has 0 aromatic rings. The summed E-state index contributed by atoms with van der Waals surface area (Å²) < 4.78 is 24.3. The fourth-order valence-electron chi connectivity index (χ4n) is 0.669. The molecular formula is C7H18N2O2S. The van der Waals surface area contributed by atoms with E-state index in [2.05, 4.69) is 10.0 Å². The van der Waals surface area contributed by atoms with E-state index in [1.807, 2.05) is 13.8 Å². The Hall–Kier alpha value is -0.130. The smallest absolute Gasteiger partial charge is 0.211 e. The van der Waals surface area contributed by atoms with Gasteiger partial charge in [-0.05, 0) is 6.92 Å². The van der Waals surface area contributed by atoms with Gasteiger partial charge in [0.1, 0.15) is 0 Å². The largest absolute Gasteiger partial charge is 0.313 e. The molecule has 0 aliphatic carbocycles. The first kappa shape index (κ1) is 11.9. The van der Waals surface area contributed by atoms with Crippen molar-refractivity contribution in [2.45, 2.75) is 26.8 Å². The quantitative estimate of drug-likeness (QED) is 0.582. The molecule has 5 heteroatoms. The van der Waals surface area contributed by atoms with E-state index >= 15 is 0 Å². The molecule has 0 aliphatic heterocycles. The van der Waals surface area contributed by atoms with Crippen LogP contribution in [-0.2, 0) is 10.0 Å². The van der Waals surface area contributed by atoms with Gasteiger partial charge in [-0.3, -0.25) is 0 Å². The standard InChI is InChI=1S/C7H18N2O2S/c1-4-12(10,11)9-6-5-8-7(2)3/h7-9H,4-6H2,1-3H3. The summed E-state index contributed by atoms with van der Waals surface area (Å²) in [6, 6.07) is 0.399. The number of nitrogens with one attached hydrogen (secondary N) is 2. The molecule has 0 aromatic carbocycles. The van der Waals surface area contributed by atoms with Crippen LogP contribution in [0.25, 0.3) is 0 Å². The minimum atomic E-state index is -3.01. The summed E-state index contributed by atoms with van der Waals surface area (Å²) in [7, 11) is -3.01. The van der Waals surface area contributed by atoms with E-state index in [0.29, 0.717) is 19.1 Å². The highest BCUT2D eigenvalue weighted by Crippen LogP contribution is 1.80. The maximum atomic E-state index is 10.9. The van der Waals surface area contributed by atoms with Gasteiger partial charge in [-0.1, -0.05) is 13.8 Å². The first-order chi connectivity index (χ1) is 5.48. The Balaban J connectivity index is 3.45. The molecule has 0 saturated carbocycles. The third-order valence-electron chi connectivity index (χ3n) is 1.38. The third kappa shape index (κ3) is 6.57. The zero-order valence-corrected chi connectivity index (χ0v) is 8.74. The van der Waals surface area contributed by atoms with Crippen molar-refractivity contribution in [3.05, 3.63) is 0 Å². The molecule has 74 valence electrons. The number of rotatable bonds is 6. The Labute approximate surface area is 74.8 Å². The van der Waals surface area contributed by atoms with Crippen LogP contribution in [0.5, 0.6) is 0 Å². The van der Waals surface area contributed by atoms with Gasteiger partial charge in [-0.2, -0.15) is 0 Å². The Morgan fingerprint density at radius 2 is 1.83 bits per heavy atom. The first-order valence-corrected chi connectivity index (χ1v) is 5.84. The highest BCUT2D eigenvalue weighted by atomic mass is 32.2. The summed E-state index contributed by atoms with van der Waals surface area (Å²) in [5.74, 6) is 0.147. The van der Waals surface area contributed by atoms with Crippen molar-refractivity contribution >= 4 is 10.0 Å². The van der Waals surface area contributed by atoms with Crippen LogP contribution >= 0.6 is 0 Å². The van der Waals surface area contributed by atoms with Crippen LogP contribution in [0.3, 0.4) is 0 Å². The first-order valence-electron chi connectivity index (χ1n) is 4.18. The van der Waals surface area contributed by atoms with E-state index < -0.39 is 10.0 Å². The lowest BCUT2D eigenvalue weighted by molar-refractivity contribution is 0.560. The Morgan fingerprint density at radius 1 is 1.25 bits per heavy atom. The van der Waals surface area contributed by atoms with Crippen LogP contribution in [0.15, 0.2) is 0 Å². The molecule has 0 amide bonds. The maximum absolute atomic E-state index is 10.9. The topological polar surface area (TPSA) is 58.2 Å². The van der Waals surface area contributed by atoms with Crippen LogP contribution in [0.1, 0.15) is 20.8 Å². The minimum Gasteiger partial charge on any atom is -0.313 e. The molecule has 2 N–H and O–H groups in total. The average molecular weight is 194 g/mol. The van der Waals surface area contributed by atoms with Crippen molar-refractivity contribution in [1.29, 1.82) is 0 Å². The molecule has 0 spiro atoms. The van der Waals surface area contributed by atoms with Gasteiger partial charge in [0.15, 0.2) is 0 Å². The maximum Gasteiger partial charge on any atom is 0.211 e. The summed E-state index contributed by atoms with van der Waals surface area (Å²) in [5, 5.41) is 3.12. The Kier molecular flexibility index (Phi) is 5.44. The normalized spacial score (nSPS) is 12.3.